The van der Waals surface area contributed by atoms with E-state index in [0.29, 0.717) is 12.5 Å². The Morgan fingerprint density at radius 3 is 2.72 bits per heavy atom. The van der Waals surface area contributed by atoms with Gasteiger partial charge in [-0.25, -0.2) is 0 Å². The molecule has 0 aromatic carbocycles. The Kier molecular flexibility index (Phi) is 4.75. The molecule has 1 saturated carbocycles. The number of hydrogen-bond acceptors (Lipinski definition) is 4. The van der Waals surface area contributed by atoms with Crippen molar-refractivity contribution in [2.24, 2.45) is 0 Å². The third-order valence-electron chi connectivity index (χ3n) is 5.48. The zero-order valence-corrected chi connectivity index (χ0v) is 15.2. The van der Waals surface area contributed by atoms with Crippen LogP contribution in [0.5, 0.6) is 5.75 Å². The minimum Gasteiger partial charge on any atom is -0.488 e. The van der Waals surface area contributed by atoms with Gasteiger partial charge in [0.1, 0.15) is 11.9 Å². The normalized spacial score (nSPS) is 22.7. The fraction of sp³-hybridized carbons (Fsp3) is 0.500. The fourth-order valence-corrected chi connectivity index (χ4v) is 5.20. The van der Waals surface area contributed by atoms with Gasteiger partial charge in [-0.05, 0) is 49.3 Å². The van der Waals surface area contributed by atoms with E-state index in [0.717, 1.165) is 50.8 Å². The molecule has 1 saturated heterocycles. The number of ether oxygens (including phenoxy) is 1. The van der Waals surface area contributed by atoms with E-state index in [4.69, 9.17) is 4.74 Å². The molecule has 132 valence electrons. The number of thiophene rings is 1. The summed E-state index contributed by atoms with van der Waals surface area (Å²) in [5, 5.41) is 2.09. The van der Waals surface area contributed by atoms with Gasteiger partial charge in [0.05, 0.1) is 12.0 Å². The first-order valence-electron chi connectivity index (χ1n) is 9.18. The lowest BCUT2D eigenvalue weighted by atomic mass is 9.82. The van der Waals surface area contributed by atoms with Gasteiger partial charge in [0.15, 0.2) is 0 Å². The number of amides is 1. The van der Waals surface area contributed by atoms with Crippen LogP contribution in [0.15, 0.2) is 42.0 Å². The number of aromatic nitrogens is 1. The first-order valence-corrected chi connectivity index (χ1v) is 10.1. The summed E-state index contributed by atoms with van der Waals surface area (Å²) < 4.78 is 6.09. The average molecular weight is 356 g/mol. The summed E-state index contributed by atoms with van der Waals surface area (Å²) in [5.41, 5.74) is -0.285. The van der Waals surface area contributed by atoms with Crippen molar-refractivity contribution in [2.45, 2.75) is 50.0 Å². The number of carbonyl (C=O) groups excluding carboxylic acids is 1. The summed E-state index contributed by atoms with van der Waals surface area (Å²) >= 11 is 1.73. The number of rotatable bonds is 4. The molecule has 0 bridgehead atoms. The van der Waals surface area contributed by atoms with Crippen molar-refractivity contribution < 1.29 is 9.53 Å². The van der Waals surface area contributed by atoms with Crippen LogP contribution in [0.25, 0.3) is 0 Å². The molecular formula is C20H24N2O2S. The summed E-state index contributed by atoms with van der Waals surface area (Å²) in [7, 11) is 0. The van der Waals surface area contributed by atoms with Crippen LogP contribution in [0.1, 0.15) is 43.4 Å². The van der Waals surface area contributed by atoms with Gasteiger partial charge in [0.2, 0.25) is 5.91 Å². The van der Waals surface area contributed by atoms with Crippen molar-refractivity contribution in [3.63, 3.8) is 0 Å². The van der Waals surface area contributed by atoms with E-state index >= 15 is 0 Å². The van der Waals surface area contributed by atoms with Crippen molar-refractivity contribution in [1.82, 2.24) is 9.88 Å². The molecule has 1 amide bonds. The predicted octanol–water partition coefficient (Wildman–Crippen LogP) is 4.02. The van der Waals surface area contributed by atoms with E-state index in [1.807, 2.05) is 12.1 Å². The molecule has 4 rings (SSSR count). The Morgan fingerprint density at radius 2 is 2.00 bits per heavy atom. The van der Waals surface area contributed by atoms with E-state index in [-0.39, 0.29) is 11.5 Å². The van der Waals surface area contributed by atoms with Crippen LogP contribution in [0, 0.1) is 0 Å². The quantitative estimate of drug-likeness (QED) is 0.831. The molecule has 1 aliphatic carbocycles. The third-order valence-corrected chi connectivity index (χ3v) is 6.55. The molecule has 2 fully saturated rings. The van der Waals surface area contributed by atoms with Gasteiger partial charge in [0.25, 0.3) is 0 Å². The minimum atomic E-state index is -0.285. The first-order chi connectivity index (χ1) is 12.3. The van der Waals surface area contributed by atoms with E-state index < -0.39 is 0 Å². The van der Waals surface area contributed by atoms with Gasteiger partial charge in [-0.1, -0.05) is 18.9 Å². The molecule has 0 N–H and O–H groups in total. The topological polar surface area (TPSA) is 42.4 Å². The van der Waals surface area contributed by atoms with Crippen LogP contribution >= 0.6 is 11.3 Å². The molecule has 3 heterocycles. The Balaban J connectivity index is 1.49. The van der Waals surface area contributed by atoms with Crippen LogP contribution < -0.4 is 4.74 Å². The van der Waals surface area contributed by atoms with Crippen molar-refractivity contribution >= 4 is 17.2 Å². The molecule has 0 radical (unpaired) electrons. The minimum absolute atomic E-state index is 0.0712. The summed E-state index contributed by atoms with van der Waals surface area (Å²) in [6.45, 7) is 1.54. The van der Waals surface area contributed by atoms with Crippen molar-refractivity contribution in [3.05, 3.63) is 46.9 Å². The number of hydrogen-bond donors (Lipinski definition) is 0. The summed E-state index contributed by atoms with van der Waals surface area (Å²) in [5.74, 6) is 1.15. The summed E-state index contributed by atoms with van der Waals surface area (Å²) in [6.07, 6.45) is 9.82. The van der Waals surface area contributed by atoms with Gasteiger partial charge in [-0.3, -0.25) is 9.78 Å². The molecular weight excluding hydrogens is 332 g/mol. The van der Waals surface area contributed by atoms with Crippen molar-refractivity contribution in [1.29, 1.82) is 0 Å². The molecule has 5 heteroatoms. The zero-order valence-electron chi connectivity index (χ0n) is 14.4. The van der Waals surface area contributed by atoms with E-state index in [2.05, 4.69) is 27.4 Å². The number of nitrogens with zero attached hydrogens (tertiary/aromatic N) is 2. The second kappa shape index (κ2) is 7.16. The Labute approximate surface area is 152 Å². The molecule has 2 aromatic heterocycles. The number of likely N-dealkylation sites (tertiary alicyclic amines) is 1. The van der Waals surface area contributed by atoms with E-state index in [9.17, 15) is 4.79 Å². The molecule has 2 aromatic rings. The second-order valence-corrected chi connectivity index (χ2v) is 8.03. The van der Waals surface area contributed by atoms with Crippen LogP contribution in [-0.4, -0.2) is 35.0 Å². The number of piperidine rings is 1. The molecule has 25 heavy (non-hydrogen) atoms. The number of carbonyl (C=O) groups is 1. The van der Waals surface area contributed by atoms with Crippen LogP contribution in [0.3, 0.4) is 0 Å². The average Bonchev–Trinajstić information content (AvgIpc) is 3.34. The van der Waals surface area contributed by atoms with Crippen LogP contribution in [-0.2, 0) is 10.2 Å². The van der Waals surface area contributed by atoms with Gasteiger partial charge in [-0.15, -0.1) is 11.3 Å². The number of pyridine rings is 1. The van der Waals surface area contributed by atoms with Crippen LogP contribution in [0.2, 0.25) is 0 Å². The van der Waals surface area contributed by atoms with Crippen LogP contribution in [0.4, 0.5) is 0 Å². The van der Waals surface area contributed by atoms with Crippen molar-refractivity contribution in [3.8, 4) is 5.75 Å². The van der Waals surface area contributed by atoms with Gasteiger partial charge >= 0.3 is 0 Å². The highest BCUT2D eigenvalue weighted by Gasteiger charge is 2.46. The Morgan fingerprint density at radius 1 is 1.20 bits per heavy atom. The maximum atomic E-state index is 13.5. The van der Waals surface area contributed by atoms with E-state index in [1.54, 1.807) is 23.7 Å². The molecule has 1 atom stereocenters. The Bertz CT molecular complexity index is 696. The molecule has 0 unspecified atom stereocenters. The lowest BCUT2D eigenvalue weighted by Gasteiger charge is -2.38. The SMILES string of the molecule is O=C(N1CCC[C@H](Oc2ccncc2)C1)C1(c2cccs2)CCCC1. The Hall–Kier alpha value is -1.88. The molecule has 2 aliphatic rings. The van der Waals surface area contributed by atoms with Crippen molar-refractivity contribution in [2.75, 3.05) is 13.1 Å². The summed E-state index contributed by atoms with van der Waals surface area (Å²) in [6, 6.07) is 7.97. The highest BCUT2D eigenvalue weighted by atomic mass is 32.1. The highest BCUT2D eigenvalue weighted by Crippen LogP contribution is 2.44. The summed E-state index contributed by atoms with van der Waals surface area (Å²) in [4.78, 5) is 20.8. The van der Waals surface area contributed by atoms with Gasteiger partial charge in [-0.2, -0.15) is 0 Å². The highest BCUT2D eigenvalue weighted by molar-refractivity contribution is 7.10. The largest absolute Gasteiger partial charge is 0.488 e. The van der Waals surface area contributed by atoms with E-state index in [1.165, 1.54) is 4.88 Å². The second-order valence-electron chi connectivity index (χ2n) is 7.08. The standard InChI is InChI=1S/C20H24N2O2S/c23-19(20(9-1-2-10-20)18-6-4-14-25-18)22-13-3-5-17(15-22)24-16-7-11-21-12-8-16/h4,6-8,11-12,14,17H,1-3,5,9-10,13,15H2/t17-/m0/s1. The van der Waals surface area contributed by atoms with Gasteiger partial charge < -0.3 is 9.64 Å². The predicted molar refractivity (Wildman–Crippen MR) is 98.9 cm³/mol. The first kappa shape index (κ1) is 16.6. The monoisotopic (exact) mass is 356 g/mol. The van der Waals surface area contributed by atoms with Gasteiger partial charge in [0, 0.05) is 23.8 Å². The zero-order chi connectivity index (χ0) is 17.1. The fourth-order valence-electron chi connectivity index (χ4n) is 4.23. The molecule has 0 spiro atoms. The third kappa shape index (κ3) is 3.30. The lowest BCUT2D eigenvalue weighted by molar-refractivity contribution is -0.140. The lowest BCUT2D eigenvalue weighted by Crippen LogP contribution is -2.51. The molecule has 1 aliphatic heterocycles. The molecule has 4 nitrogen and oxygen atoms in total. The maximum Gasteiger partial charge on any atom is 0.234 e. The maximum absolute atomic E-state index is 13.5. The smallest absolute Gasteiger partial charge is 0.234 e.